The summed E-state index contributed by atoms with van der Waals surface area (Å²) in [4.78, 5) is 21.8. The second kappa shape index (κ2) is 8.58. The average Bonchev–Trinajstić information content (AvgIpc) is 3.29. The van der Waals surface area contributed by atoms with Crippen LogP contribution in [0.15, 0.2) is 67.0 Å². The fourth-order valence-corrected chi connectivity index (χ4v) is 4.29. The van der Waals surface area contributed by atoms with Gasteiger partial charge in [-0.1, -0.05) is 18.2 Å². The molecule has 5 rings (SSSR count). The van der Waals surface area contributed by atoms with Crippen LogP contribution in [0, 0.1) is 12.7 Å². The lowest BCUT2D eigenvalue weighted by molar-refractivity contribution is 0.0741. The summed E-state index contributed by atoms with van der Waals surface area (Å²) in [6.07, 6.45) is 3.69. The van der Waals surface area contributed by atoms with E-state index in [1.807, 2.05) is 58.0 Å². The van der Waals surface area contributed by atoms with Gasteiger partial charge in [-0.15, -0.1) is 0 Å². The molecule has 2 aromatic carbocycles. The van der Waals surface area contributed by atoms with Crippen molar-refractivity contribution in [3.8, 4) is 16.9 Å². The van der Waals surface area contributed by atoms with Gasteiger partial charge >= 0.3 is 0 Å². The number of aryl methyl sites for hydroxylation is 1. The number of pyridine rings is 1. The second-order valence-electron chi connectivity index (χ2n) is 8.22. The lowest BCUT2D eigenvalue weighted by Gasteiger charge is -2.36. The first-order valence-corrected chi connectivity index (χ1v) is 11.0. The standard InChI is InChI=1S/C26H25FN4O2/c1-18-15-19(7-9-21(18)27)20-8-10-25-28-22(17-31(25)16-20)26(32)30-13-11-29(12-14-30)23-5-3-4-6-24(23)33-2/h3-10,15-17H,11-14H2,1-2H3. The largest absolute Gasteiger partial charge is 0.495 e. The van der Waals surface area contributed by atoms with Crippen molar-refractivity contribution in [2.24, 2.45) is 0 Å². The molecular weight excluding hydrogens is 419 g/mol. The van der Waals surface area contributed by atoms with E-state index in [0.29, 0.717) is 30.0 Å². The van der Waals surface area contributed by atoms with Crippen molar-refractivity contribution < 1.29 is 13.9 Å². The molecular formula is C26H25FN4O2. The molecule has 0 atom stereocenters. The van der Waals surface area contributed by atoms with Crippen LogP contribution in [0.5, 0.6) is 5.75 Å². The predicted octanol–water partition coefficient (Wildman–Crippen LogP) is 4.42. The molecule has 0 N–H and O–H groups in total. The van der Waals surface area contributed by atoms with Crippen LogP contribution >= 0.6 is 0 Å². The van der Waals surface area contributed by atoms with Crippen LogP contribution in [-0.4, -0.2) is 53.5 Å². The first-order valence-electron chi connectivity index (χ1n) is 11.0. The Balaban J connectivity index is 1.32. The number of fused-ring (bicyclic) bond motifs is 1. The minimum absolute atomic E-state index is 0.0717. The monoisotopic (exact) mass is 444 g/mol. The normalized spacial score (nSPS) is 14.0. The van der Waals surface area contributed by atoms with E-state index >= 15 is 0 Å². The SMILES string of the molecule is COc1ccccc1N1CCN(C(=O)c2cn3cc(-c4ccc(F)c(C)c4)ccc3n2)CC1. The van der Waals surface area contributed by atoms with Gasteiger partial charge in [-0.2, -0.15) is 0 Å². The Morgan fingerprint density at radius 3 is 2.48 bits per heavy atom. The molecule has 6 nitrogen and oxygen atoms in total. The number of nitrogens with zero attached hydrogens (tertiary/aromatic N) is 4. The number of halogens is 1. The first-order chi connectivity index (χ1) is 16.0. The van der Waals surface area contributed by atoms with Crippen molar-refractivity contribution in [1.29, 1.82) is 0 Å². The van der Waals surface area contributed by atoms with Crippen molar-refractivity contribution in [3.63, 3.8) is 0 Å². The van der Waals surface area contributed by atoms with E-state index < -0.39 is 0 Å². The van der Waals surface area contributed by atoms with Gasteiger partial charge in [-0.05, 0) is 60.0 Å². The highest BCUT2D eigenvalue weighted by molar-refractivity contribution is 5.93. The summed E-state index contributed by atoms with van der Waals surface area (Å²) in [5, 5.41) is 0. The summed E-state index contributed by atoms with van der Waals surface area (Å²) in [6.45, 7) is 4.44. The Hall–Kier alpha value is -3.87. The van der Waals surface area contributed by atoms with Crippen molar-refractivity contribution in [3.05, 3.63) is 84.1 Å². The van der Waals surface area contributed by atoms with E-state index in [2.05, 4.69) is 9.88 Å². The van der Waals surface area contributed by atoms with Crippen LogP contribution < -0.4 is 9.64 Å². The Morgan fingerprint density at radius 2 is 1.73 bits per heavy atom. The number of carbonyl (C=O) groups excluding carboxylic acids is 1. The first kappa shape index (κ1) is 21.0. The number of methoxy groups -OCH3 is 1. The molecule has 1 aliphatic heterocycles. The molecule has 0 saturated carbocycles. The van der Waals surface area contributed by atoms with Gasteiger partial charge in [0, 0.05) is 38.6 Å². The molecule has 0 aliphatic carbocycles. The second-order valence-corrected chi connectivity index (χ2v) is 8.22. The van der Waals surface area contributed by atoms with E-state index in [1.165, 1.54) is 6.07 Å². The third-order valence-electron chi connectivity index (χ3n) is 6.15. The van der Waals surface area contributed by atoms with Crippen LogP contribution in [0.1, 0.15) is 16.1 Å². The van der Waals surface area contributed by atoms with E-state index in [4.69, 9.17) is 4.74 Å². The number of benzene rings is 2. The fraction of sp³-hybridized carbons (Fsp3) is 0.231. The number of rotatable bonds is 4. The Kier molecular flexibility index (Phi) is 5.46. The molecule has 3 heterocycles. The number of anilines is 1. The summed E-state index contributed by atoms with van der Waals surface area (Å²) >= 11 is 0. The maximum Gasteiger partial charge on any atom is 0.274 e. The summed E-state index contributed by atoms with van der Waals surface area (Å²) < 4.78 is 21.0. The number of aromatic nitrogens is 2. The van der Waals surface area contributed by atoms with Gasteiger partial charge in [-0.3, -0.25) is 4.79 Å². The van der Waals surface area contributed by atoms with Gasteiger partial charge in [0.1, 0.15) is 22.9 Å². The molecule has 1 aliphatic rings. The highest BCUT2D eigenvalue weighted by Crippen LogP contribution is 2.28. The number of hydrogen-bond acceptors (Lipinski definition) is 4. The quantitative estimate of drug-likeness (QED) is 0.468. The summed E-state index contributed by atoms with van der Waals surface area (Å²) in [7, 11) is 1.67. The molecule has 4 aromatic rings. The van der Waals surface area contributed by atoms with Gasteiger partial charge in [-0.25, -0.2) is 9.37 Å². The number of piperazine rings is 1. The summed E-state index contributed by atoms with van der Waals surface area (Å²) in [5.74, 6) is 0.545. The summed E-state index contributed by atoms with van der Waals surface area (Å²) in [6, 6.07) is 16.8. The van der Waals surface area contributed by atoms with Crippen molar-refractivity contribution in [2.75, 3.05) is 38.2 Å². The summed E-state index contributed by atoms with van der Waals surface area (Å²) in [5.41, 5.74) is 4.63. The zero-order valence-corrected chi connectivity index (χ0v) is 18.7. The third-order valence-corrected chi connectivity index (χ3v) is 6.15. The van der Waals surface area contributed by atoms with Crippen LogP contribution in [0.25, 0.3) is 16.8 Å². The van der Waals surface area contributed by atoms with Crippen molar-refractivity contribution in [1.82, 2.24) is 14.3 Å². The zero-order valence-electron chi connectivity index (χ0n) is 18.7. The molecule has 0 bridgehead atoms. The van der Waals surface area contributed by atoms with E-state index in [-0.39, 0.29) is 11.7 Å². The highest BCUT2D eigenvalue weighted by Gasteiger charge is 2.25. The smallest absolute Gasteiger partial charge is 0.274 e. The van der Waals surface area contributed by atoms with Gasteiger partial charge in [0.05, 0.1) is 12.8 Å². The highest BCUT2D eigenvalue weighted by atomic mass is 19.1. The van der Waals surface area contributed by atoms with Crippen molar-refractivity contribution >= 4 is 17.2 Å². The lowest BCUT2D eigenvalue weighted by atomic mass is 10.1. The Labute approximate surface area is 191 Å². The number of amides is 1. The number of ether oxygens (including phenoxy) is 1. The van der Waals surface area contributed by atoms with Gasteiger partial charge in [0.15, 0.2) is 0 Å². The molecule has 0 radical (unpaired) electrons. The molecule has 33 heavy (non-hydrogen) atoms. The number of hydrogen-bond donors (Lipinski definition) is 0. The molecule has 0 unspecified atom stereocenters. The molecule has 0 spiro atoms. The van der Waals surface area contributed by atoms with E-state index in [1.54, 1.807) is 26.3 Å². The molecule has 1 saturated heterocycles. The number of imidazole rings is 1. The minimum Gasteiger partial charge on any atom is -0.495 e. The average molecular weight is 445 g/mol. The van der Waals surface area contributed by atoms with Crippen LogP contribution in [0.2, 0.25) is 0 Å². The van der Waals surface area contributed by atoms with Gasteiger partial charge in [0.2, 0.25) is 0 Å². The van der Waals surface area contributed by atoms with Crippen molar-refractivity contribution in [2.45, 2.75) is 6.92 Å². The third kappa shape index (κ3) is 4.02. The lowest BCUT2D eigenvalue weighted by Crippen LogP contribution is -2.49. The minimum atomic E-state index is -0.221. The molecule has 1 fully saturated rings. The van der Waals surface area contributed by atoms with Crippen LogP contribution in [0.3, 0.4) is 0 Å². The number of carbonyl (C=O) groups is 1. The van der Waals surface area contributed by atoms with Crippen LogP contribution in [0.4, 0.5) is 10.1 Å². The van der Waals surface area contributed by atoms with Crippen LogP contribution in [-0.2, 0) is 0 Å². The molecule has 2 aromatic heterocycles. The molecule has 7 heteroatoms. The maximum absolute atomic E-state index is 13.6. The number of para-hydroxylation sites is 2. The van der Waals surface area contributed by atoms with Gasteiger partial charge in [0.25, 0.3) is 5.91 Å². The Morgan fingerprint density at radius 1 is 0.970 bits per heavy atom. The molecule has 1 amide bonds. The van der Waals surface area contributed by atoms with E-state index in [9.17, 15) is 9.18 Å². The topological polar surface area (TPSA) is 50.1 Å². The fourth-order valence-electron chi connectivity index (χ4n) is 4.29. The zero-order chi connectivity index (χ0) is 22.9. The predicted molar refractivity (Wildman–Crippen MR) is 126 cm³/mol. The van der Waals surface area contributed by atoms with E-state index in [0.717, 1.165) is 35.7 Å². The van der Waals surface area contributed by atoms with Gasteiger partial charge < -0.3 is 18.9 Å². The maximum atomic E-state index is 13.6. The Bertz CT molecular complexity index is 1330. The molecule has 168 valence electrons.